The van der Waals surface area contributed by atoms with Gasteiger partial charge in [-0.15, -0.1) is 0 Å². The van der Waals surface area contributed by atoms with E-state index in [1.54, 1.807) is 25.1 Å². The van der Waals surface area contributed by atoms with Crippen molar-refractivity contribution in [2.75, 3.05) is 30.2 Å². The monoisotopic (exact) mass is 571 g/mol. The molecular formula is C28H33N3O6S2. The van der Waals surface area contributed by atoms with Crippen LogP contribution in [0.15, 0.2) is 70.5 Å². The van der Waals surface area contributed by atoms with E-state index in [0.29, 0.717) is 35.8 Å². The Morgan fingerprint density at radius 3 is 2.10 bits per heavy atom. The highest BCUT2D eigenvalue weighted by Crippen LogP contribution is 2.28. The van der Waals surface area contributed by atoms with Crippen LogP contribution in [0.5, 0.6) is 5.75 Å². The van der Waals surface area contributed by atoms with E-state index in [0.717, 1.165) is 31.2 Å². The predicted molar refractivity (Wildman–Crippen MR) is 151 cm³/mol. The highest BCUT2D eigenvalue weighted by Gasteiger charge is 2.26. The number of nitrogens with zero attached hydrogens (tertiary/aromatic N) is 1. The van der Waals surface area contributed by atoms with Crippen LogP contribution in [-0.2, 0) is 20.0 Å². The highest BCUT2D eigenvalue weighted by molar-refractivity contribution is 7.92. The second-order valence-electron chi connectivity index (χ2n) is 9.58. The molecule has 0 aliphatic carbocycles. The number of hydrogen-bond acceptors (Lipinski definition) is 6. The van der Waals surface area contributed by atoms with Crippen molar-refractivity contribution in [1.82, 2.24) is 4.31 Å². The van der Waals surface area contributed by atoms with Gasteiger partial charge in [0.2, 0.25) is 10.0 Å². The summed E-state index contributed by atoms with van der Waals surface area (Å²) in [4.78, 5) is 13.2. The first-order chi connectivity index (χ1) is 18.5. The molecule has 1 fully saturated rings. The number of carbonyl (C=O) groups excluding carboxylic acids is 1. The van der Waals surface area contributed by atoms with Crippen LogP contribution in [0.3, 0.4) is 0 Å². The molecule has 3 aromatic carbocycles. The Kier molecular flexibility index (Phi) is 8.63. The standard InChI is InChI=1S/C28H33N3O6S2/c1-20-8-15-27(37-3)26(18-20)30-38(33,34)23-13-10-22(11-14-23)29-28(32)25-19-24(12-9-21(25)2)39(35,36)31-16-6-4-5-7-17-31/h8-15,18-19,30H,4-7,16-17H2,1-3H3,(H,29,32). The van der Waals surface area contributed by atoms with E-state index in [2.05, 4.69) is 10.0 Å². The number of amides is 1. The van der Waals surface area contributed by atoms with E-state index in [9.17, 15) is 21.6 Å². The van der Waals surface area contributed by atoms with Crippen LogP contribution in [0.4, 0.5) is 11.4 Å². The molecule has 0 bridgehead atoms. The van der Waals surface area contributed by atoms with Crippen LogP contribution in [0, 0.1) is 13.8 Å². The molecule has 39 heavy (non-hydrogen) atoms. The number of ether oxygens (including phenoxy) is 1. The molecule has 11 heteroatoms. The largest absolute Gasteiger partial charge is 0.495 e. The van der Waals surface area contributed by atoms with Crippen LogP contribution in [0.25, 0.3) is 0 Å². The Hall–Kier alpha value is -3.41. The number of aryl methyl sites for hydroxylation is 2. The van der Waals surface area contributed by atoms with Gasteiger partial charge in [-0.25, -0.2) is 16.8 Å². The van der Waals surface area contributed by atoms with E-state index >= 15 is 0 Å². The maximum Gasteiger partial charge on any atom is 0.262 e. The quantitative estimate of drug-likeness (QED) is 0.395. The summed E-state index contributed by atoms with van der Waals surface area (Å²) in [6.45, 7) is 4.52. The fourth-order valence-electron chi connectivity index (χ4n) is 4.46. The van der Waals surface area contributed by atoms with Crippen molar-refractivity contribution in [3.8, 4) is 5.75 Å². The van der Waals surface area contributed by atoms with E-state index in [4.69, 9.17) is 4.74 Å². The zero-order chi connectivity index (χ0) is 28.2. The first-order valence-electron chi connectivity index (χ1n) is 12.7. The molecule has 3 aromatic rings. The molecule has 0 radical (unpaired) electrons. The first-order valence-corrected chi connectivity index (χ1v) is 15.6. The molecule has 0 aromatic heterocycles. The van der Waals surface area contributed by atoms with Crippen LogP contribution < -0.4 is 14.8 Å². The minimum absolute atomic E-state index is 0.00535. The van der Waals surface area contributed by atoms with Gasteiger partial charge in [0, 0.05) is 24.3 Å². The van der Waals surface area contributed by atoms with Gasteiger partial charge in [-0.1, -0.05) is 25.0 Å². The van der Waals surface area contributed by atoms with Crippen molar-refractivity contribution >= 4 is 37.3 Å². The normalized spacial score (nSPS) is 14.8. The van der Waals surface area contributed by atoms with E-state index in [1.807, 2.05) is 13.0 Å². The Balaban J connectivity index is 1.51. The Bertz CT molecular complexity index is 1560. The minimum Gasteiger partial charge on any atom is -0.495 e. The van der Waals surface area contributed by atoms with E-state index < -0.39 is 26.0 Å². The van der Waals surface area contributed by atoms with Gasteiger partial charge in [0.05, 0.1) is 22.6 Å². The van der Waals surface area contributed by atoms with E-state index in [1.165, 1.54) is 47.8 Å². The summed E-state index contributed by atoms with van der Waals surface area (Å²) in [5.41, 5.74) is 2.41. The lowest BCUT2D eigenvalue weighted by molar-refractivity contribution is 0.102. The Morgan fingerprint density at radius 2 is 1.46 bits per heavy atom. The molecule has 9 nitrogen and oxygen atoms in total. The van der Waals surface area contributed by atoms with Crippen molar-refractivity contribution in [3.05, 3.63) is 77.4 Å². The Labute approximate surface area is 230 Å². The third-order valence-electron chi connectivity index (χ3n) is 6.68. The number of hydrogen-bond donors (Lipinski definition) is 2. The number of methoxy groups -OCH3 is 1. The van der Waals surface area contributed by atoms with Crippen molar-refractivity contribution in [2.24, 2.45) is 0 Å². The van der Waals surface area contributed by atoms with Crippen LogP contribution >= 0.6 is 0 Å². The summed E-state index contributed by atoms with van der Waals surface area (Å²) in [6.07, 6.45) is 3.64. The van der Waals surface area contributed by atoms with Crippen molar-refractivity contribution in [1.29, 1.82) is 0 Å². The lowest BCUT2D eigenvalue weighted by atomic mass is 10.1. The summed E-state index contributed by atoms with van der Waals surface area (Å²) in [7, 11) is -6.17. The van der Waals surface area contributed by atoms with Gasteiger partial charge in [0.1, 0.15) is 5.75 Å². The van der Waals surface area contributed by atoms with Crippen molar-refractivity contribution in [2.45, 2.75) is 49.3 Å². The Morgan fingerprint density at radius 1 is 0.821 bits per heavy atom. The maximum atomic E-state index is 13.2. The van der Waals surface area contributed by atoms with Gasteiger partial charge in [-0.2, -0.15) is 4.31 Å². The molecule has 2 N–H and O–H groups in total. The molecule has 1 aliphatic heterocycles. The number of nitrogens with one attached hydrogen (secondary N) is 2. The summed E-state index contributed by atoms with van der Waals surface area (Å²) >= 11 is 0. The molecule has 0 unspecified atom stereocenters. The fraction of sp³-hybridized carbons (Fsp3) is 0.321. The average Bonchev–Trinajstić information content (AvgIpc) is 3.19. The second kappa shape index (κ2) is 11.8. The number of carbonyl (C=O) groups is 1. The fourth-order valence-corrected chi connectivity index (χ4v) is 7.06. The predicted octanol–water partition coefficient (Wildman–Crippen LogP) is 4.93. The van der Waals surface area contributed by atoms with Gasteiger partial charge in [-0.3, -0.25) is 9.52 Å². The van der Waals surface area contributed by atoms with Crippen LogP contribution in [0.2, 0.25) is 0 Å². The summed E-state index contributed by atoms with van der Waals surface area (Å²) in [5, 5.41) is 2.74. The van der Waals surface area contributed by atoms with Crippen molar-refractivity contribution < 1.29 is 26.4 Å². The van der Waals surface area contributed by atoms with Gasteiger partial charge in [-0.05, 0) is 86.3 Å². The highest BCUT2D eigenvalue weighted by atomic mass is 32.2. The second-order valence-corrected chi connectivity index (χ2v) is 13.2. The van der Waals surface area contributed by atoms with Crippen molar-refractivity contribution in [3.63, 3.8) is 0 Å². The summed E-state index contributed by atoms with van der Waals surface area (Å²) in [6, 6.07) is 15.5. The number of benzene rings is 3. The zero-order valence-corrected chi connectivity index (χ0v) is 23.9. The van der Waals surface area contributed by atoms with Gasteiger partial charge < -0.3 is 10.1 Å². The maximum absolute atomic E-state index is 13.2. The zero-order valence-electron chi connectivity index (χ0n) is 22.2. The molecule has 1 heterocycles. The molecule has 4 rings (SSSR count). The number of anilines is 2. The lowest BCUT2D eigenvalue weighted by Gasteiger charge is -2.20. The molecular weight excluding hydrogens is 538 g/mol. The minimum atomic E-state index is -3.92. The molecule has 0 spiro atoms. The molecule has 1 aliphatic rings. The topological polar surface area (TPSA) is 122 Å². The first kappa shape index (κ1) is 28.6. The average molecular weight is 572 g/mol. The van der Waals surface area contributed by atoms with Crippen LogP contribution in [0.1, 0.15) is 47.2 Å². The molecule has 1 saturated heterocycles. The SMILES string of the molecule is COc1ccc(C)cc1NS(=O)(=O)c1ccc(NC(=O)c2cc(S(=O)(=O)N3CCCCCC3)ccc2C)cc1. The summed E-state index contributed by atoms with van der Waals surface area (Å²) < 4.78 is 61.6. The third-order valence-corrected chi connectivity index (χ3v) is 9.95. The smallest absolute Gasteiger partial charge is 0.262 e. The number of rotatable bonds is 8. The lowest BCUT2D eigenvalue weighted by Crippen LogP contribution is -2.32. The van der Waals surface area contributed by atoms with Gasteiger partial charge in [0.25, 0.3) is 15.9 Å². The molecule has 208 valence electrons. The third kappa shape index (κ3) is 6.60. The summed E-state index contributed by atoms with van der Waals surface area (Å²) in [5.74, 6) is -0.0952. The van der Waals surface area contributed by atoms with E-state index in [-0.39, 0.29) is 15.4 Å². The molecule has 1 amide bonds. The van der Waals surface area contributed by atoms with Gasteiger partial charge in [0.15, 0.2) is 0 Å². The number of sulfonamides is 2. The van der Waals surface area contributed by atoms with Gasteiger partial charge >= 0.3 is 0 Å². The molecule has 0 atom stereocenters. The molecule has 0 saturated carbocycles. The van der Waals surface area contributed by atoms with Crippen LogP contribution in [-0.4, -0.2) is 47.2 Å².